The van der Waals surface area contributed by atoms with E-state index >= 15 is 0 Å². The highest BCUT2D eigenvalue weighted by molar-refractivity contribution is 6.00. The Morgan fingerprint density at radius 1 is 1.24 bits per heavy atom. The summed E-state index contributed by atoms with van der Waals surface area (Å²) in [4.78, 5) is 22.3. The number of rotatable bonds is 5. The van der Waals surface area contributed by atoms with Crippen LogP contribution in [-0.4, -0.2) is 67.6 Å². The molecule has 0 aromatic carbocycles. The van der Waals surface area contributed by atoms with Crippen LogP contribution in [-0.2, 0) is 4.74 Å². The molecule has 10 nitrogen and oxygen atoms in total. The highest BCUT2D eigenvalue weighted by Crippen LogP contribution is 2.36. The van der Waals surface area contributed by atoms with Gasteiger partial charge in [0.1, 0.15) is 17.2 Å². The van der Waals surface area contributed by atoms with Gasteiger partial charge >= 0.3 is 0 Å². The quantitative estimate of drug-likeness (QED) is 0.428. The molecule has 3 N–H and O–H groups in total. The fourth-order valence-electron chi connectivity index (χ4n) is 4.50. The van der Waals surface area contributed by atoms with Crippen LogP contribution < -0.4 is 10.6 Å². The first-order valence-electron chi connectivity index (χ1n) is 11.2. The molecular weight excluding hydrogens is 422 g/mol. The number of amides is 1. The molecule has 0 unspecified atom stereocenters. The Morgan fingerprint density at radius 2 is 2.12 bits per heavy atom. The molecule has 2 aromatic heterocycles. The van der Waals surface area contributed by atoms with E-state index in [2.05, 4.69) is 20.7 Å². The topological polar surface area (TPSA) is 119 Å². The average Bonchev–Trinajstić information content (AvgIpc) is 3.37. The number of carbonyl (C=O) groups is 1. The smallest absolute Gasteiger partial charge is 0.256 e. The molecule has 2 atom stereocenters. The molecule has 170 valence electrons. The largest absolute Gasteiger partial charge is 0.389 e. The zero-order chi connectivity index (χ0) is 22.5. The molecule has 2 fully saturated rings. The zero-order valence-electron chi connectivity index (χ0n) is 18.2. The summed E-state index contributed by atoms with van der Waals surface area (Å²) >= 11 is 0. The van der Waals surface area contributed by atoms with Crippen LogP contribution in [0.1, 0.15) is 35.7 Å². The summed E-state index contributed by atoms with van der Waals surface area (Å²) in [6.45, 7) is 0.924. The highest BCUT2D eigenvalue weighted by atomic mass is 16.5. The molecule has 1 saturated carbocycles. The number of aromatic nitrogens is 5. The van der Waals surface area contributed by atoms with Crippen molar-refractivity contribution in [2.24, 2.45) is 0 Å². The lowest BCUT2D eigenvalue weighted by atomic mass is 10.0. The van der Waals surface area contributed by atoms with Gasteiger partial charge in [-0.15, -0.1) is 0 Å². The van der Waals surface area contributed by atoms with Gasteiger partial charge in [0.2, 0.25) is 0 Å². The van der Waals surface area contributed by atoms with Crippen LogP contribution in [0, 0.1) is 0 Å². The minimum absolute atomic E-state index is 0.0962. The summed E-state index contributed by atoms with van der Waals surface area (Å²) in [5.74, 6) is 1.35. The third kappa shape index (κ3) is 3.42. The number of carbonyl (C=O) groups excluding carboxylic acids is 1. The second-order valence-electron chi connectivity index (χ2n) is 8.64. The highest BCUT2D eigenvalue weighted by Gasteiger charge is 2.29. The Balaban J connectivity index is 1.43. The Morgan fingerprint density at radius 3 is 2.91 bits per heavy atom. The number of fused-ring (bicyclic) bond motifs is 2. The van der Waals surface area contributed by atoms with E-state index < -0.39 is 6.10 Å². The van der Waals surface area contributed by atoms with Crippen LogP contribution in [0.3, 0.4) is 0 Å². The van der Waals surface area contributed by atoms with E-state index in [4.69, 9.17) is 9.72 Å². The van der Waals surface area contributed by atoms with Crippen molar-refractivity contribution in [3.05, 3.63) is 42.4 Å². The molecule has 3 aliphatic heterocycles. The number of anilines is 1. The molecule has 0 radical (unpaired) electrons. The van der Waals surface area contributed by atoms with E-state index in [-0.39, 0.29) is 18.0 Å². The lowest BCUT2D eigenvalue weighted by Crippen LogP contribution is -2.34. The van der Waals surface area contributed by atoms with Crippen LogP contribution in [0.5, 0.6) is 0 Å². The van der Waals surface area contributed by atoms with E-state index in [0.717, 1.165) is 42.0 Å². The number of nitrogens with one attached hydrogen (secondary N) is 2. The summed E-state index contributed by atoms with van der Waals surface area (Å²) in [6.07, 6.45) is 7.47. The SMILES string of the molecule is CNc1cc(-c2cnc3n([C@H]4CCOC[C@@H]4O)cccc2-3)nc2c(C(=O)NC3CC3)cnn12. The Labute approximate surface area is 189 Å². The first-order valence-corrected chi connectivity index (χ1v) is 11.2. The average molecular weight is 447 g/mol. The summed E-state index contributed by atoms with van der Waals surface area (Å²) in [6, 6.07) is 6.02. The fraction of sp³-hybridized carbons (Fsp3) is 0.391. The van der Waals surface area contributed by atoms with Gasteiger partial charge in [-0.25, -0.2) is 9.97 Å². The molecule has 10 heteroatoms. The monoisotopic (exact) mass is 447 g/mol. The molecular formula is C23H25N7O3. The third-order valence-electron chi connectivity index (χ3n) is 6.41. The number of aliphatic hydroxyl groups is 1. The molecule has 33 heavy (non-hydrogen) atoms. The Bertz CT molecular complexity index is 1310. The maximum Gasteiger partial charge on any atom is 0.256 e. The van der Waals surface area contributed by atoms with Crippen LogP contribution in [0.15, 0.2) is 36.8 Å². The number of nitrogens with zero attached hydrogens (tertiary/aromatic N) is 5. The van der Waals surface area contributed by atoms with Crippen molar-refractivity contribution in [2.45, 2.75) is 37.5 Å². The summed E-state index contributed by atoms with van der Waals surface area (Å²) in [5, 5.41) is 21.0. The standard InChI is InChI=1S/C23H25N7O3/c1-24-20-9-17(28-22-16(11-26-30(20)22)23(32)27-13-4-5-13)15-10-25-21-14(15)3-2-7-29(21)18-6-8-33-12-19(18)31/h2-3,7,9-11,13,18-19,24,31H,4-6,8,12H2,1H3,(H,27,32)/t18-,19-/m0/s1. The van der Waals surface area contributed by atoms with Crippen LogP contribution in [0.2, 0.25) is 0 Å². The van der Waals surface area contributed by atoms with Crippen molar-refractivity contribution in [3.63, 3.8) is 0 Å². The van der Waals surface area contributed by atoms with Gasteiger partial charge in [-0.3, -0.25) is 4.79 Å². The molecule has 1 amide bonds. The number of ether oxygens (including phenoxy) is 1. The maximum absolute atomic E-state index is 12.8. The summed E-state index contributed by atoms with van der Waals surface area (Å²) in [7, 11) is 1.81. The van der Waals surface area contributed by atoms with Gasteiger partial charge in [0.05, 0.1) is 30.6 Å². The molecule has 0 spiro atoms. The predicted octanol–water partition coefficient (Wildman–Crippen LogP) is 1.95. The van der Waals surface area contributed by atoms with Crippen molar-refractivity contribution in [2.75, 3.05) is 25.6 Å². The van der Waals surface area contributed by atoms with Gasteiger partial charge in [-0.1, -0.05) is 0 Å². The molecule has 4 aliphatic rings. The third-order valence-corrected chi connectivity index (χ3v) is 6.41. The lowest BCUT2D eigenvalue weighted by Gasteiger charge is -2.31. The Hall–Kier alpha value is -3.50. The van der Waals surface area contributed by atoms with Crippen molar-refractivity contribution in [1.29, 1.82) is 0 Å². The minimum Gasteiger partial charge on any atom is -0.389 e. The molecule has 5 heterocycles. The van der Waals surface area contributed by atoms with E-state index in [1.165, 1.54) is 0 Å². The van der Waals surface area contributed by atoms with Crippen molar-refractivity contribution in [3.8, 4) is 22.6 Å². The molecule has 0 bridgehead atoms. The number of pyridine rings is 1. The van der Waals surface area contributed by atoms with Gasteiger partial charge in [-0.2, -0.15) is 9.61 Å². The summed E-state index contributed by atoms with van der Waals surface area (Å²) < 4.78 is 9.06. The van der Waals surface area contributed by atoms with Gasteiger partial charge in [-0.05, 0) is 31.4 Å². The number of hydrogen-bond acceptors (Lipinski definition) is 7. The lowest BCUT2D eigenvalue weighted by molar-refractivity contribution is -0.0383. The number of aliphatic hydroxyl groups excluding tert-OH is 1. The maximum atomic E-state index is 12.8. The molecule has 1 saturated heterocycles. The van der Waals surface area contributed by atoms with Crippen molar-refractivity contribution in [1.82, 2.24) is 29.5 Å². The van der Waals surface area contributed by atoms with E-state index in [1.54, 1.807) is 16.9 Å². The van der Waals surface area contributed by atoms with E-state index in [1.807, 2.05) is 36.0 Å². The van der Waals surface area contributed by atoms with Crippen LogP contribution >= 0.6 is 0 Å². The van der Waals surface area contributed by atoms with Gasteiger partial charge in [0.15, 0.2) is 5.65 Å². The first-order chi connectivity index (χ1) is 16.1. The molecule has 1 aliphatic carbocycles. The van der Waals surface area contributed by atoms with Crippen molar-refractivity contribution < 1.29 is 14.6 Å². The normalized spacial score (nSPS) is 20.9. The predicted molar refractivity (Wildman–Crippen MR) is 121 cm³/mol. The fourth-order valence-corrected chi connectivity index (χ4v) is 4.50. The second-order valence-corrected chi connectivity index (χ2v) is 8.64. The van der Waals surface area contributed by atoms with Gasteiger partial charge in [0.25, 0.3) is 5.91 Å². The molecule has 2 aromatic rings. The van der Waals surface area contributed by atoms with Gasteiger partial charge < -0.3 is 25.0 Å². The van der Waals surface area contributed by atoms with E-state index in [9.17, 15) is 9.90 Å². The van der Waals surface area contributed by atoms with Crippen molar-refractivity contribution >= 4 is 17.4 Å². The second kappa shape index (κ2) is 7.82. The first kappa shape index (κ1) is 20.1. The molecule has 6 rings (SSSR count). The van der Waals surface area contributed by atoms with Gasteiger partial charge in [0, 0.05) is 49.3 Å². The zero-order valence-corrected chi connectivity index (χ0v) is 18.2. The number of hydrogen-bond donors (Lipinski definition) is 3. The van der Waals surface area contributed by atoms with Crippen LogP contribution in [0.25, 0.3) is 28.3 Å². The minimum atomic E-state index is -0.584. The summed E-state index contributed by atoms with van der Waals surface area (Å²) in [5.41, 5.74) is 3.42. The van der Waals surface area contributed by atoms with Crippen LogP contribution in [0.4, 0.5) is 5.82 Å². The Kier molecular flexibility index (Phi) is 4.77. The van der Waals surface area contributed by atoms with E-state index in [0.29, 0.717) is 30.1 Å².